The molecule has 0 spiro atoms. The van der Waals surface area contributed by atoms with Crippen LogP contribution in [0.2, 0.25) is 0 Å². The van der Waals surface area contributed by atoms with E-state index in [-0.39, 0.29) is 11.9 Å². The van der Waals surface area contributed by atoms with Crippen molar-refractivity contribution in [2.24, 2.45) is 0 Å². The molecule has 33 heavy (non-hydrogen) atoms. The summed E-state index contributed by atoms with van der Waals surface area (Å²) < 4.78 is 28.4. The molecule has 0 aromatic heterocycles. The molecule has 174 valence electrons. The van der Waals surface area contributed by atoms with Crippen molar-refractivity contribution in [3.63, 3.8) is 0 Å². The van der Waals surface area contributed by atoms with Crippen molar-refractivity contribution in [1.82, 2.24) is 0 Å². The third-order valence-corrected chi connectivity index (χ3v) is 6.64. The molecule has 1 fully saturated rings. The second kappa shape index (κ2) is 9.84. The summed E-state index contributed by atoms with van der Waals surface area (Å²) >= 11 is 1.42. The normalized spacial score (nSPS) is 23.6. The van der Waals surface area contributed by atoms with Crippen LogP contribution in [0.5, 0.6) is 11.5 Å². The second-order valence-corrected chi connectivity index (χ2v) is 8.90. The van der Waals surface area contributed by atoms with Crippen molar-refractivity contribution in [2.75, 3.05) is 6.61 Å². The van der Waals surface area contributed by atoms with Gasteiger partial charge in [0.2, 0.25) is 0 Å². The molecule has 0 N–H and O–H groups in total. The first-order chi connectivity index (χ1) is 15.8. The van der Waals surface area contributed by atoms with Gasteiger partial charge in [0.25, 0.3) is 0 Å². The summed E-state index contributed by atoms with van der Waals surface area (Å²) in [4.78, 5) is 35.1. The number of thioether (sulfide) groups is 1. The molecule has 4 rings (SSSR count). The van der Waals surface area contributed by atoms with Crippen LogP contribution in [0.1, 0.15) is 37.1 Å². The summed E-state index contributed by atoms with van der Waals surface area (Å²) in [6.45, 7) is 3.69. The lowest BCUT2D eigenvalue weighted by molar-refractivity contribution is -0.165. The van der Waals surface area contributed by atoms with E-state index in [1.165, 1.54) is 32.5 Å². The van der Waals surface area contributed by atoms with Crippen molar-refractivity contribution >= 4 is 29.7 Å². The predicted molar refractivity (Wildman–Crippen MR) is 119 cm³/mol. The summed E-state index contributed by atoms with van der Waals surface area (Å²) in [5.74, 6) is -0.131. The van der Waals surface area contributed by atoms with Gasteiger partial charge in [-0.2, -0.15) is 0 Å². The van der Waals surface area contributed by atoms with Gasteiger partial charge in [-0.25, -0.2) is 0 Å². The number of carbonyl (C=O) groups excluding carboxylic acids is 3. The first kappa shape index (κ1) is 23.1. The fraction of sp³-hybridized carbons (Fsp3) is 0.375. The maximum absolute atomic E-state index is 11.9. The zero-order valence-corrected chi connectivity index (χ0v) is 19.2. The van der Waals surface area contributed by atoms with Crippen molar-refractivity contribution in [2.45, 2.75) is 49.8 Å². The molecule has 0 radical (unpaired) electrons. The Hall–Kier alpha value is -3.04. The van der Waals surface area contributed by atoms with Gasteiger partial charge >= 0.3 is 17.9 Å². The largest absolute Gasteiger partial charge is 0.463 e. The molecular weight excluding hydrogens is 448 g/mol. The summed E-state index contributed by atoms with van der Waals surface area (Å²) in [6, 6.07) is 15.4. The van der Waals surface area contributed by atoms with Crippen LogP contribution in [0, 0.1) is 0 Å². The van der Waals surface area contributed by atoms with Crippen molar-refractivity contribution < 1.29 is 38.1 Å². The minimum Gasteiger partial charge on any atom is -0.463 e. The number of fused-ring (bicyclic) bond motifs is 2. The Bertz CT molecular complexity index is 1010. The Morgan fingerprint density at radius 2 is 1.36 bits per heavy atom. The van der Waals surface area contributed by atoms with E-state index < -0.39 is 41.7 Å². The maximum atomic E-state index is 11.9. The first-order valence-corrected chi connectivity index (χ1v) is 11.4. The molecule has 0 bridgehead atoms. The third-order valence-electron chi connectivity index (χ3n) is 5.22. The van der Waals surface area contributed by atoms with E-state index in [0.717, 1.165) is 22.6 Å². The molecule has 0 amide bonds. The van der Waals surface area contributed by atoms with Crippen LogP contribution in [0.15, 0.2) is 48.5 Å². The standard InChI is InChI=1S/C24H24O8S/c1-13(25)28-12-20-21(29-14(2)26)22(30-15(3)27)24(32-20)33-23-16-8-4-6-10-18(16)31-19-11-7-5-9-17(19)23/h4-11,20-24H,12H2,1-3H3/t20-,21+,22-,24+/m1/s1. The van der Waals surface area contributed by atoms with E-state index in [4.69, 9.17) is 23.7 Å². The third kappa shape index (κ3) is 5.15. The fourth-order valence-electron chi connectivity index (χ4n) is 3.93. The number of rotatable bonds is 6. The van der Waals surface area contributed by atoms with Gasteiger partial charge in [0.05, 0.1) is 5.25 Å². The van der Waals surface area contributed by atoms with E-state index in [1.54, 1.807) is 0 Å². The molecule has 9 heteroatoms. The average molecular weight is 473 g/mol. The van der Waals surface area contributed by atoms with Crippen LogP contribution in [0.25, 0.3) is 0 Å². The maximum Gasteiger partial charge on any atom is 0.303 e. The molecule has 0 unspecified atom stereocenters. The fourth-order valence-corrected chi connectivity index (χ4v) is 5.46. The smallest absolute Gasteiger partial charge is 0.303 e. The summed E-state index contributed by atoms with van der Waals surface area (Å²) in [5, 5.41) is -0.195. The zero-order valence-electron chi connectivity index (χ0n) is 18.4. The van der Waals surface area contributed by atoms with E-state index >= 15 is 0 Å². The highest BCUT2D eigenvalue weighted by Gasteiger charge is 2.51. The van der Waals surface area contributed by atoms with Crippen LogP contribution < -0.4 is 4.74 Å². The van der Waals surface area contributed by atoms with Crippen LogP contribution in [0.3, 0.4) is 0 Å². The van der Waals surface area contributed by atoms with Crippen LogP contribution >= 0.6 is 11.8 Å². The molecule has 1 saturated heterocycles. The minimum absolute atomic E-state index is 0.136. The Morgan fingerprint density at radius 3 is 1.91 bits per heavy atom. The van der Waals surface area contributed by atoms with Crippen LogP contribution in [0.4, 0.5) is 0 Å². The Labute approximate surface area is 195 Å². The van der Waals surface area contributed by atoms with E-state index in [9.17, 15) is 14.4 Å². The number of carbonyl (C=O) groups is 3. The quantitative estimate of drug-likeness (QED) is 0.460. The molecular formula is C24H24O8S. The summed E-state index contributed by atoms with van der Waals surface area (Å²) in [5.41, 5.74) is 1.20. The predicted octanol–water partition coefficient (Wildman–Crippen LogP) is 3.77. The number of benzene rings is 2. The van der Waals surface area contributed by atoms with Gasteiger partial charge in [0.15, 0.2) is 12.2 Å². The SMILES string of the molecule is CC(=O)OC[C@H]1O[C@@H](SC2c3ccccc3Oc3ccccc32)[C@H](OC(C)=O)[C@H]1OC(C)=O. The lowest BCUT2D eigenvalue weighted by Gasteiger charge is -2.30. The van der Waals surface area contributed by atoms with E-state index in [2.05, 4.69) is 0 Å². The number of para-hydroxylation sites is 2. The van der Waals surface area contributed by atoms with Gasteiger partial charge < -0.3 is 23.7 Å². The molecule has 2 heterocycles. The van der Waals surface area contributed by atoms with Gasteiger partial charge in [-0.15, -0.1) is 11.8 Å². The van der Waals surface area contributed by atoms with Gasteiger partial charge in [-0.05, 0) is 12.1 Å². The number of hydrogen-bond donors (Lipinski definition) is 0. The van der Waals surface area contributed by atoms with Gasteiger partial charge in [-0.3, -0.25) is 14.4 Å². The first-order valence-electron chi connectivity index (χ1n) is 10.5. The number of ether oxygens (including phenoxy) is 5. The molecule has 0 aliphatic carbocycles. The van der Waals surface area contributed by atoms with Crippen LogP contribution in [-0.4, -0.2) is 48.3 Å². The van der Waals surface area contributed by atoms with E-state index in [1.807, 2.05) is 48.5 Å². The molecule has 4 atom stereocenters. The topological polar surface area (TPSA) is 97.4 Å². The van der Waals surface area contributed by atoms with Crippen LogP contribution in [-0.2, 0) is 33.3 Å². The minimum atomic E-state index is -0.923. The van der Waals surface area contributed by atoms with Gasteiger partial charge in [0, 0.05) is 31.9 Å². The van der Waals surface area contributed by atoms with Crippen molar-refractivity contribution in [1.29, 1.82) is 0 Å². The molecule has 2 aliphatic heterocycles. The lowest BCUT2D eigenvalue weighted by Crippen LogP contribution is -2.40. The van der Waals surface area contributed by atoms with Crippen molar-refractivity contribution in [3.05, 3.63) is 59.7 Å². The molecule has 0 saturated carbocycles. The Balaban J connectivity index is 1.67. The molecule has 2 aromatic rings. The van der Waals surface area contributed by atoms with Crippen molar-refractivity contribution in [3.8, 4) is 11.5 Å². The second-order valence-electron chi connectivity index (χ2n) is 7.69. The van der Waals surface area contributed by atoms with Gasteiger partial charge in [-0.1, -0.05) is 36.4 Å². The average Bonchev–Trinajstić information content (AvgIpc) is 3.07. The molecule has 2 aliphatic rings. The Kier molecular flexibility index (Phi) is 6.90. The zero-order chi connectivity index (χ0) is 23.5. The highest BCUT2D eigenvalue weighted by Crippen LogP contribution is 2.52. The summed E-state index contributed by atoms with van der Waals surface area (Å²) in [6.07, 6.45) is -2.60. The van der Waals surface area contributed by atoms with E-state index in [0.29, 0.717) is 0 Å². The highest BCUT2D eigenvalue weighted by atomic mass is 32.2. The number of esters is 3. The molecule has 8 nitrogen and oxygen atoms in total. The monoisotopic (exact) mass is 472 g/mol. The molecule has 2 aromatic carbocycles. The lowest BCUT2D eigenvalue weighted by atomic mass is 10.00. The van der Waals surface area contributed by atoms with Gasteiger partial charge in [0.1, 0.15) is 29.6 Å². The number of hydrogen-bond acceptors (Lipinski definition) is 9. The Morgan fingerprint density at radius 1 is 0.818 bits per heavy atom. The summed E-state index contributed by atoms with van der Waals surface area (Å²) in [7, 11) is 0. The highest BCUT2D eigenvalue weighted by molar-refractivity contribution is 8.00.